The van der Waals surface area contributed by atoms with Crippen molar-refractivity contribution < 1.29 is 9.53 Å². The Bertz CT molecular complexity index is 657. The van der Waals surface area contributed by atoms with E-state index >= 15 is 0 Å². The minimum Gasteiger partial charge on any atom is -0.495 e. The number of benzene rings is 2. The number of anilines is 1. The molecule has 0 radical (unpaired) electrons. The highest BCUT2D eigenvalue weighted by Crippen LogP contribution is 2.24. The molecule has 1 amide bonds. The van der Waals surface area contributed by atoms with Gasteiger partial charge in [-0.3, -0.25) is 4.79 Å². The molecule has 4 heteroatoms. The highest BCUT2D eigenvalue weighted by atomic mass is 16.5. The fraction of sp³-hybridized carbons (Fsp3) is 0.235. The highest BCUT2D eigenvalue weighted by molar-refractivity contribution is 5.95. The second kappa shape index (κ2) is 5.48. The molecular formula is C17H18N2O2. The molecule has 0 aromatic heterocycles. The fourth-order valence-electron chi connectivity index (χ4n) is 2.78. The van der Waals surface area contributed by atoms with E-state index in [1.165, 1.54) is 11.1 Å². The van der Waals surface area contributed by atoms with Crippen LogP contribution in [0.25, 0.3) is 0 Å². The Morgan fingerprint density at radius 2 is 1.86 bits per heavy atom. The van der Waals surface area contributed by atoms with Crippen LogP contribution in [0.5, 0.6) is 5.75 Å². The van der Waals surface area contributed by atoms with E-state index in [2.05, 4.69) is 17.4 Å². The molecule has 2 aromatic carbocycles. The number of amides is 1. The molecule has 108 valence electrons. The molecule has 0 unspecified atom stereocenters. The van der Waals surface area contributed by atoms with Crippen molar-refractivity contribution in [3.8, 4) is 5.75 Å². The summed E-state index contributed by atoms with van der Waals surface area (Å²) in [6.45, 7) is 0. The SMILES string of the molecule is COc1cc(C(=O)NC2Cc3ccccc3C2)ccc1N. The van der Waals surface area contributed by atoms with Crippen molar-refractivity contribution in [3.05, 3.63) is 59.2 Å². The molecule has 1 aliphatic carbocycles. The van der Waals surface area contributed by atoms with Gasteiger partial charge in [-0.15, -0.1) is 0 Å². The third-order valence-electron chi connectivity index (χ3n) is 3.88. The normalized spacial score (nSPS) is 13.8. The zero-order valence-electron chi connectivity index (χ0n) is 11.9. The van der Waals surface area contributed by atoms with Gasteiger partial charge in [0, 0.05) is 11.6 Å². The Morgan fingerprint density at radius 3 is 2.48 bits per heavy atom. The van der Waals surface area contributed by atoms with Gasteiger partial charge in [-0.05, 0) is 42.2 Å². The number of nitrogens with two attached hydrogens (primary N) is 1. The van der Waals surface area contributed by atoms with E-state index in [1.807, 2.05) is 12.1 Å². The average molecular weight is 282 g/mol. The van der Waals surface area contributed by atoms with Crippen molar-refractivity contribution in [3.63, 3.8) is 0 Å². The summed E-state index contributed by atoms with van der Waals surface area (Å²) in [6, 6.07) is 13.5. The summed E-state index contributed by atoms with van der Waals surface area (Å²) in [5.41, 5.74) is 9.50. The summed E-state index contributed by atoms with van der Waals surface area (Å²) < 4.78 is 5.15. The number of ether oxygens (including phenoxy) is 1. The lowest BCUT2D eigenvalue weighted by atomic mass is 10.1. The molecule has 1 aliphatic rings. The van der Waals surface area contributed by atoms with Crippen molar-refractivity contribution in [2.24, 2.45) is 0 Å². The number of fused-ring (bicyclic) bond motifs is 1. The lowest BCUT2D eigenvalue weighted by Gasteiger charge is -2.13. The number of methoxy groups -OCH3 is 1. The van der Waals surface area contributed by atoms with Crippen LogP contribution in [0.3, 0.4) is 0 Å². The second-order valence-corrected chi connectivity index (χ2v) is 5.30. The van der Waals surface area contributed by atoms with Crippen molar-refractivity contribution in [1.29, 1.82) is 0 Å². The Morgan fingerprint density at radius 1 is 1.19 bits per heavy atom. The van der Waals surface area contributed by atoms with E-state index in [0.717, 1.165) is 12.8 Å². The fourth-order valence-corrected chi connectivity index (χ4v) is 2.78. The molecular weight excluding hydrogens is 264 g/mol. The predicted molar refractivity (Wildman–Crippen MR) is 82.5 cm³/mol. The molecule has 0 atom stereocenters. The zero-order chi connectivity index (χ0) is 14.8. The number of hydrogen-bond donors (Lipinski definition) is 2. The first-order valence-electron chi connectivity index (χ1n) is 6.98. The quantitative estimate of drug-likeness (QED) is 0.848. The van der Waals surface area contributed by atoms with Gasteiger partial charge in [0.25, 0.3) is 5.91 Å². The maximum Gasteiger partial charge on any atom is 0.251 e. The predicted octanol–water partition coefficient (Wildman–Crippen LogP) is 2.17. The first kappa shape index (κ1) is 13.5. The third-order valence-corrected chi connectivity index (χ3v) is 3.88. The van der Waals surface area contributed by atoms with Crippen LogP contribution in [0.1, 0.15) is 21.5 Å². The summed E-state index contributed by atoms with van der Waals surface area (Å²) in [5.74, 6) is 0.434. The molecule has 3 N–H and O–H groups in total. The van der Waals surface area contributed by atoms with Crippen LogP contribution in [-0.4, -0.2) is 19.1 Å². The molecule has 0 fully saturated rings. The van der Waals surface area contributed by atoms with Crippen LogP contribution in [0.15, 0.2) is 42.5 Å². The lowest BCUT2D eigenvalue weighted by molar-refractivity contribution is 0.0938. The molecule has 21 heavy (non-hydrogen) atoms. The Balaban J connectivity index is 1.71. The van der Waals surface area contributed by atoms with Crippen molar-refractivity contribution in [2.45, 2.75) is 18.9 Å². The van der Waals surface area contributed by atoms with Crippen LogP contribution in [0, 0.1) is 0 Å². The summed E-state index contributed by atoms with van der Waals surface area (Å²) in [7, 11) is 1.54. The van der Waals surface area contributed by atoms with Crippen LogP contribution < -0.4 is 15.8 Å². The van der Waals surface area contributed by atoms with Crippen LogP contribution in [0.4, 0.5) is 5.69 Å². The van der Waals surface area contributed by atoms with Gasteiger partial charge in [0.2, 0.25) is 0 Å². The van der Waals surface area contributed by atoms with E-state index in [9.17, 15) is 4.79 Å². The minimum atomic E-state index is -0.0916. The number of rotatable bonds is 3. The molecule has 0 aliphatic heterocycles. The first-order valence-corrected chi connectivity index (χ1v) is 6.98. The van der Waals surface area contributed by atoms with Crippen LogP contribution >= 0.6 is 0 Å². The van der Waals surface area contributed by atoms with Crippen LogP contribution in [0.2, 0.25) is 0 Å². The van der Waals surface area contributed by atoms with E-state index in [1.54, 1.807) is 25.3 Å². The van der Waals surface area contributed by atoms with Crippen molar-refractivity contribution in [2.75, 3.05) is 12.8 Å². The molecule has 0 bridgehead atoms. The average Bonchev–Trinajstić information content (AvgIpc) is 2.89. The van der Waals surface area contributed by atoms with E-state index in [-0.39, 0.29) is 11.9 Å². The third kappa shape index (κ3) is 2.70. The maximum atomic E-state index is 12.3. The molecule has 0 heterocycles. The summed E-state index contributed by atoms with van der Waals surface area (Å²) in [4.78, 5) is 12.3. The Hall–Kier alpha value is -2.49. The molecule has 0 spiro atoms. The molecule has 4 nitrogen and oxygen atoms in total. The first-order chi connectivity index (χ1) is 10.2. The Kier molecular flexibility index (Phi) is 3.52. The summed E-state index contributed by atoms with van der Waals surface area (Å²) in [6.07, 6.45) is 1.77. The van der Waals surface area contributed by atoms with Gasteiger partial charge in [0.1, 0.15) is 5.75 Å². The van der Waals surface area contributed by atoms with Crippen molar-refractivity contribution >= 4 is 11.6 Å². The molecule has 3 rings (SSSR count). The number of carbonyl (C=O) groups is 1. The van der Waals surface area contributed by atoms with E-state index in [0.29, 0.717) is 17.0 Å². The minimum absolute atomic E-state index is 0.0916. The van der Waals surface area contributed by atoms with Gasteiger partial charge in [-0.25, -0.2) is 0 Å². The van der Waals surface area contributed by atoms with E-state index in [4.69, 9.17) is 10.5 Å². The molecule has 2 aromatic rings. The van der Waals surface area contributed by atoms with Gasteiger partial charge in [0.05, 0.1) is 12.8 Å². The molecule has 0 saturated heterocycles. The standard InChI is InChI=1S/C17H18N2O2/c1-21-16-10-13(6-7-15(16)18)17(20)19-14-8-11-4-2-3-5-12(11)9-14/h2-7,10,14H,8-9,18H2,1H3,(H,19,20). The van der Waals surface area contributed by atoms with Gasteiger partial charge < -0.3 is 15.8 Å². The topological polar surface area (TPSA) is 64.3 Å². The number of nitrogen functional groups attached to an aromatic ring is 1. The van der Waals surface area contributed by atoms with Crippen LogP contribution in [-0.2, 0) is 12.8 Å². The highest BCUT2D eigenvalue weighted by Gasteiger charge is 2.23. The van der Waals surface area contributed by atoms with E-state index < -0.39 is 0 Å². The lowest BCUT2D eigenvalue weighted by Crippen LogP contribution is -2.35. The monoisotopic (exact) mass is 282 g/mol. The Labute approximate surface area is 123 Å². The molecule has 0 saturated carbocycles. The summed E-state index contributed by atoms with van der Waals surface area (Å²) >= 11 is 0. The smallest absolute Gasteiger partial charge is 0.251 e. The number of hydrogen-bond acceptors (Lipinski definition) is 3. The van der Waals surface area contributed by atoms with Gasteiger partial charge in [-0.1, -0.05) is 24.3 Å². The van der Waals surface area contributed by atoms with Crippen molar-refractivity contribution in [1.82, 2.24) is 5.32 Å². The summed E-state index contributed by atoms with van der Waals surface area (Å²) in [5, 5.41) is 3.08. The van der Waals surface area contributed by atoms with Gasteiger partial charge in [0.15, 0.2) is 0 Å². The second-order valence-electron chi connectivity index (χ2n) is 5.30. The number of carbonyl (C=O) groups excluding carboxylic acids is 1. The number of nitrogens with one attached hydrogen (secondary N) is 1. The zero-order valence-corrected chi connectivity index (χ0v) is 11.9. The van der Waals surface area contributed by atoms with Gasteiger partial charge >= 0.3 is 0 Å². The largest absolute Gasteiger partial charge is 0.495 e. The maximum absolute atomic E-state index is 12.3. The van der Waals surface area contributed by atoms with Gasteiger partial charge in [-0.2, -0.15) is 0 Å².